The molecule has 11 rings (SSSR count). The highest BCUT2D eigenvalue weighted by atomic mass is 15.2. The molecule has 0 fully saturated rings. The molecule has 2 atom stereocenters. The Hall–Kier alpha value is -6.18. The van der Waals surface area contributed by atoms with Crippen molar-refractivity contribution in [1.82, 2.24) is 0 Å². The Kier molecular flexibility index (Phi) is 5.57. The zero-order valence-corrected chi connectivity index (χ0v) is 26.8. The molecule has 1 heteroatoms. The average Bonchev–Trinajstić information content (AvgIpc) is 3.17. The number of hydrogen-bond acceptors (Lipinski definition) is 1. The summed E-state index contributed by atoms with van der Waals surface area (Å²) in [6.45, 7) is 0. The molecule has 7 aromatic carbocycles. The summed E-state index contributed by atoms with van der Waals surface area (Å²) in [5, 5.41) is 10.3. The Balaban J connectivity index is 1.17. The van der Waals surface area contributed by atoms with Gasteiger partial charge in [-0.2, -0.15) is 0 Å². The summed E-state index contributed by atoms with van der Waals surface area (Å²) >= 11 is 0. The minimum atomic E-state index is 0.242. The van der Waals surface area contributed by atoms with Crippen LogP contribution in [0.5, 0.6) is 0 Å². The molecule has 49 heavy (non-hydrogen) atoms. The van der Waals surface area contributed by atoms with Crippen molar-refractivity contribution in [2.24, 2.45) is 11.8 Å². The number of nitrogens with zero attached hydrogens (tertiary/aromatic N) is 1. The summed E-state index contributed by atoms with van der Waals surface area (Å²) in [6.07, 6.45) is 18.9. The highest BCUT2D eigenvalue weighted by Crippen LogP contribution is 2.54. The molecule has 0 bridgehead atoms. The molecule has 1 nitrogen and oxygen atoms in total. The summed E-state index contributed by atoms with van der Waals surface area (Å²) in [6, 6.07) is 47.0. The first kappa shape index (κ1) is 26.8. The molecule has 0 aromatic heterocycles. The van der Waals surface area contributed by atoms with Crippen LogP contribution in [0.1, 0.15) is 5.56 Å². The third kappa shape index (κ3) is 3.87. The van der Waals surface area contributed by atoms with Crippen molar-refractivity contribution in [2.45, 2.75) is 0 Å². The molecule has 0 saturated carbocycles. The lowest BCUT2D eigenvalue weighted by atomic mass is 9.62. The molecule has 0 aliphatic heterocycles. The van der Waals surface area contributed by atoms with E-state index in [-0.39, 0.29) is 11.8 Å². The molecule has 0 saturated heterocycles. The normalized spacial score (nSPS) is 19.3. The fourth-order valence-corrected chi connectivity index (χ4v) is 8.98. The lowest BCUT2D eigenvalue weighted by molar-refractivity contribution is 0.562. The minimum absolute atomic E-state index is 0.242. The maximum absolute atomic E-state index is 2.54. The maximum atomic E-state index is 2.54. The van der Waals surface area contributed by atoms with Gasteiger partial charge in [0.15, 0.2) is 0 Å². The van der Waals surface area contributed by atoms with E-state index in [2.05, 4.69) is 181 Å². The fraction of sp³-hybridized carbons (Fsp3) is 0.0417. The number of hydrogen-bond donors (Lipinski definition) is 0. The average molecular weight is 622 g/mol. The smallest absolute Gasteiger partial charge is 0.0540 e. The van der Waals surface area contributed by atoms with Gasteiger partial charge in [-0.3, -0.25) is 0 Å². The second kappa shape index (κ2) is 10.2. The van der Waals surface area contributed by atoms with Crippen molar-refractivity contribution in [2.75, 3.05) is 4.90 Å². The molecule has 0 amide bonds. The number of benzene rings is 7. The van der Waals surface area contributed by atoms with Crippen LogP contribution in [-0.4, -0.2) is 0 Å². The van der Waals surface area contributed by atoms with Gasteiger partial charge < -0.3 is 4.90 Å². The summed E-state index contributed by atoms with van der Waals surface area (Å²) < 4.78 is 0. The van der Waals surface area contributed by atoms with E-state index in [0.717, 1.165) is 0 Å². The van der Waals surface area contributed by atoms with Crippen LogP contribution in [0.15, 0.2) is 204 Å². The zero-order chi connectivity index (χ0) is 32.1. The Bertz CT molecular complexity index is 2750. The molecule has 7 aromatic rings. The van der Waals surface area contributed by atoms with E-state index >= 15 is 0 Å². The van der Waals surface area contributed by atoms with Gasteiger partial charge in [0.25, 0.3) is 0 Å². The maximum Gasteiger partial charge on any atom is 0.0540 e. The van der Waals surface area contributed by atoms with Crippen LogP contribution in [0, 0.1) is 11.8 Å². The highest BCUT2D eigenvalue weighted by Gasteiger charge is 2.41. The Morgan fingerprint density at radius 2 is 1.12 bits per heavy atom. The lowest BCUT2D eigenvalue weighted by Crippen LogP contribution is -2.32. The summed E-state index contributed by atoms with van der Waals surface area (Å²) in [5.74, 6) is 0.520. The van der Waals surface area contributed by atoms with Crippen molar-refractivity contribution in [3.63, 3.8) is 0 Å². The molecule has 0 radical (unpaired) electrons. The Morgan fingerprint density at radius 3 is 2.00 bits per heavy atom. The summed E-state index contributed by atoms with van der Waals surface area (Å²) in [7, 11) is 0. The van der Waals surface area contributed by atoms with Crippen LogP contribution in [0.2, 0.25) is 0 Å². The quantitative estimate of drug-likeness (QED) is 0.177. The lowest BCUT2D eigenvalue weighted by Gasteiger charge is -2.43. The molecular weight excluding hydrogens is 591 g/mol. The van der Waals surface area contributed by atoms with Gasteiger partial charge in [0.1, 0.15) is 0 Å². The van der Waals surface area contributed by atoms with Crippen LogP contribution < -0.4 is 4.90 Å². The molecule has 0 N–H and O–H groups in total. The van der Waals surface area contributed by atoms with E-state index in [1.807, 2.05) is 0 Å². The van der Waals surface area contributed by atoms with Crippen LogP contribution in [-0.2, 0) is 0 Å². The zero-order valence-electron chi connectivity index (χ0n) is 26.8. The van der Waals surface area contributed by atoms with E-state index in [9.17, 15) is 0 Å². The predicted molar refractivity (Wildman–Crippen MR) is 207 cm³/mol. The monoisotopic (exact) mass is 621 g/mol. The Morgan fingerprint density at radius 1 is 0.449 bits per heavy atom. The van der Waals surface area contributed by atoms with E-state index in [4.69, 9.17) is 0 Å². The molecule has 228 valence electrons. The standard InChI is InChI=1S/C48H31N/c1-2-8-31(9-3-1)39-23-16-35-19-26-42-44(28-21-36-17-24-40(39)46(35)48(36)42)49(38-22-15-30-7-4-5-10-37(30)29-38)43-27-20-34-14-13-32-11-6-12-33-18-25-41(43)47(34)45(32)33/h1-29,46,48H. The first-order chi connectivity index (χ1) is 24.3. The van der Waals surface area contributed by atoms with Crippen molar-refractivity contribution >= 4 is 60.0 Å². The second-order valence-electron chi connectivity index (χ2n) is 13.7. The van der Waals surface area contributed by atoms with E-state index < -0.39 is 0 Å². The van der Waals surface area contributed by atoms with Crippen LogP contribution in [0.4, 0.5) is 11.4 Å². The first-order valence-electron chi connectivity index (χ1n) is 17.3. The van der Waals surface area contributed by atoms with Gasteiger partial charge in [-0.05, 0) is 95.4 Å². The van der Waals surface area contributed by atoms with Gasteiger partial charge in [-0.15, -0.1) is 0 Å². The van der Waals surface area contributed by atoms with E-state index in [1.54, 1.807) is 0 Å². The third-order valence-corrected chi connectivity index (χ3v) is 11.2. The summed E-state index contributed by atoms with van der Waals surface area (Å²) in [4.78, 5) is 2.54. The molecule has 0 spiro atoms. The second-order valence-corrected chi connectivity index (χ2v) is 13.7. The molecular formula is C48H31N. The summed E-state index contributed by atoms with van der Waals surface area (Å²) in [5.41, 5.74) is 11.8. The van der Waals surface area contributed by atoms with Crippen molar-refractivity contribution in [3.05, 3.63) is 210 Å². The van der Waals surface area contributed by atoms with E-state index in [1.165, 1.54) is 93.6 Å². The SMILES string of the molecule is C1=CC2=C(N(c3ccc4ccccc4c3)c3ccc4ccc5cccc6ccc3c4c56)C=CC3=CC=C4C(c5ccccc5)=CC=C1C4C32. The predicted octanol–water partition coefficient (Wildman–Crippen LogP) is 12.4. The molecule has 0 heterocycles. The van der Waals surface area contributed by atoms with Gasteiger partial charge in [-0.25, -0.2) is 0 Å². The number of fused-ring (bicyclic) bond motifs is 1. The van der Waals surface area contributed by atoms with Crippen molar-refractivity contribution in [3.8, 4) is 0 Å². The van der Waals surface area contributed by atoms with Crippen molar-refractivity contribution in [1.29, 1.82) is 0 Å². The van der Waals surface area contributed by atoms with Gasteiger partial charge >= 0.3 is 0 Å². The Labute approximate surface area is 285 Å². The van der Waals surface area contributed by atoms with Crippen LogP contribution in [0.3, 0.4) is 0 Å². The number of allylic oxidation sites excluding steroid dienone is 13. The van der Waals surface area contributed by atoms with Gasteiger partial charge in [-0.1, -0.05) is 152 Å². The molecule has 2 unspecified atom stereocenters. The van der Waals surface area contributed by atoms with E-state index in [0.29, 0.717) is 0 Å². The third-order valence-electron chi connectivity index (χ3n) is 11.2. The number of rotatable bonds is 4. The topological polar surface area (TPSA) is 3.24 Å². The first-order valence-corrected chi connectivity index (χ1v) is 17.3. The van der Waals surface area contributed by atoms with Crippen LogP contribution >= 0.6 is 0 Å². The highest BCUT2D eigenvalue weighted by molar-refractivity contribution is 6.25. The van der Waals surface area contributed by atoms with Gasteiger partial charge in [0, 0.05) is 22.9 Å². The minimum Gasteiger partial charge on any atom is -0.310 e. The fourth-order valence-electron chi connectivity index (χ4n) is 8.98. The van der Waals surface area contributed by atoms with Gasteiger partial charge in [0.05, 0.1) is 11.4 Å². The molecule has 4 aliphatic rings. The van der Waals surface area contributed by atoms with Gasteiger partial charge in [0.2, 0.25) is 0 Å². The largest absolute Gasteiger partial charge is 0.310 e. The molecule has 4 aliphatic carbocycles. The van der Waals surface area contributed by atoms with Crippen LogP contribution in [0.25, 0.3) is 48.7 Å². The number of anilines is 2. The van der Waals surface area contributed by atoms with Crippen molar-refractivity contribution < 1.29 is 0 Å².